The van der Waals surface area contributed by atoms with Crippen molar-refractivity contribution in [3.05, 3.63) is 62.9 Å². The Bertz CT molecular complexity index is 900. The molecule has 2 aromatic rings. The lowest BCUT2D eigenvalue weighted by Crippen LogP contribution is -2.34. The minimum Gasteiger partial charge on any atom is -0.477 e. The Labute approximate surface area is 158 Å². The largest absolute Gasteiger partial charge is 0.477 e. The monoisotopic (exact) mass is 368 g/mol. The molecule has 1 aromatic carbocycles. The molecule has 0 spiro atoms. The fourth-order valence-electron chi connectivity index (χ4n) is 3.55. The molecule has 1 aromatic heterocycles. The number of fused-ring (bicyclic) bond motifs is 1. The molecule has 0 amide bonds. The lowest BCUT2D eigenvalue weighted by Gasteiger charge is -2.42. The third kappa shape index (κ3) is 3.51. The number of aromatic carboxylic acids is 1. The molecule has 0 bridgehead atoms. The van der Waals surface area contributed by atoms with Crippen LogP contribution in [-0.2, 0) is 10.8 Å². The predicted molar refractivity (Wildman–Crippen MR) is 106 cm³/mol. The van der Waals surface area contributed by atoms with Crippen molar-refractivity contribution in [2.24, 2.45) is 0 Å². The Balaban J connectivity index is 1.88. The SMILES string of the molecule is CC1(C)CCC(C)(C)c2cc(C(=O)/C=C/c3ccc(C(=O)O)s3)ccc21. The van der Waals surface area contributed by atoms with Gasteiger partial charge in [-0.05, 0) is 65.1 Å². The van der Waals surface area contributed by atoms with Gasteiger partial charge in [0.25, 0.3) is 0 Å². The maximum absolute atomic E-state index is 12.6. The van der Waals surface area contributed by atoms with Crippen LogP contribution >= 0.6 is 11.3 Å². The Kier molecular flexibility index (Phi) is 4.65. The van der Waals surface area contributed by atoms with E-state index in [0.717, 1.165) is 29.1 Å². The Morgan fingerprint density at radius 3 is 2.27 bits per heavy atom. The van der Waals surface area contributed by atoms with Gasteiger partial charge in [0.05, 0.1) is 0 Å². The van der Waals surface area contributed by atoms with Crippen LogP contribution in [0.5, 0.6) is 0 Å². The molecule has 3 rings (SSSR count). The van der Waals surface area contributed by atoms with Crippen LogP contribution in [0.1, 0.15) is 76.6 Å². The summed E-state index contributed by atoms with van der Waals surface area (Å²) in [7, 11) is 0. The Hall–Kier alpha value is -2.20. The van der Waals surface area contributed by atoms with Crippen LogP contribution < -0.4 is 0 Å². The molecule has 0 fully saturated rings. The first-order valence-electron chi connectivity index (χ1n) is 8.81. The van der Waals surface area contributed by atoms with Gasteiger partial charge in [0.2, 0.25) is 0 Å². The van der Waals surface area contributed by atoms with Crippen LogP contribution in [0, 0.1) is 0 Å². The van der Waals surface area contributed by atoms with Crippen molar-refractivity contribution in [1.29, 1.82) is 0 Å². The van der Waals surface area contributed by atoms with E-state index in [9.17, 15) is 9.59 Å². The number of carboxylic acid groups (broad SMARTS) is 1. The minimum absolute atomic E-state index is 0.0581. The zero-order valence-electron chi connectivity index (χ0n) is 15.6. The van der Waals surface area contributed by atoms with E-state index in [1.807, 2.05) is 12.1 Å². The lowest BCUT2D eigenvalue weighted by atomic mass is 9.63. The van der Waals surface area contributed by atoms with Crippen molar-refractivity contribution in [3.8, 4) is 0 Å². The summed E-state index contributed by atoms with van der Waals surface area (Å²) in [5, 5.41) is 8.98. The van der Waals surface area contributed by atoms with Crippen molar-refractivity contribution in [1.82, 2.24) is 0 Å². The number of allylic oxidation sites excluding steroid dienone is 1. The van der Waals surface area contributed by atoms with Gasteiger partial charge >= 0.3 is 5.97 Å². The fourth-order valence-corrected chi connectivity index (χ4v) is 4.30. The third-order valence-corrected chi connectivity index (χ3v) is 6.41. The maximum Gasteiger partial charge on any atom is 0.345 e. The van der Waals surface area contributed by atoms with Gasteiger partial charge in [-0.1, -0.05) is 39.8 Å². The number of carboxylic acids is 1. The van der Waals surface area contributed by atoms with Gasteiger partial charge in [-0.25, -0.2) is 4.79 Å². The first-order chi connectivity index (χ1) is 12.1. The van der Waals surface area contributed by atoms with Crippen molar-refractivity contribution in [2.45, 2.75) is 51.4 Å². The number of carbonyl (C=O) groups excluding carboxylic acids is 1. The molecule has 0 unspecified atom stereocenters. The molecule has 0 atom stereocenters. The molecular formula is C22H24O3S. The van der Waals surface area contributed by atoms with Crippen molar-refractivity contribution >= 4 is 29.2 Å². The summed E-state index contributed by atoms with van der Waals surface area (Å²) < 4.78 is 0. The number of benzene rings is 1. The topological polar surface area (TPSA) is 54.4 Å². The van der Waals surface area contributed by atoms with Gasteiger partial charge in [0, 0.05) is 10.4 Å². The summed E-state index contributed by atoms with van der Waals surface area (Å²) in [4.78, 5) is 24.6. The fraction of sp³-hybridized carbons (Fsp3) is 0.364. The highest BCUT2D eigenvalue weighted by Crippen LogP contribution is 2.45. The molecule has 1 heterocycles. The molecule has 26 heavy (non-hydrogen) atoms. The number of ketones is 1. The molecule has 0 saturated carbocycles. The molecule has 0 saturated heterocycles. The van der Waals surface area contributed by atoms with E-state index in [1.54, 1.807) is 18.2 Å². The molecule has 1 aliphatic carbocycles. The zero-order chi connectivity index (χ0) is 19.1. The molecule has 0 aliphatic heterocycles. The number of rotatable bonds is 4. The second-order valence-electron chi connectivity index (χ2n) is 8.23. The molecule has 1 N–H and O–H groups in total. The average Bonchev–Trinajstić information content (AvgIpc) is 3.06. The molecule has 1 aliphatic rings. The Morgan fingerprint density at radius 1 is 1.00 bits per heavy atom. The first kappa shape index (κ1) is 18.6. The van der Waals surface area contributed by atoms with Crippen molar-refractivity contribution in [3.63, 3.8) is 0 Å². The molecule has 4 heteroatoms. The van der Waals surface area contributed by atoms with Crippen LogP contribution in [0.25, 0.3) is 6.08 Å². The summed E-state index contributed by atoms with van der Waals surface area (Å²) >= 11 is 1.16. The van der Waals surface area contributed by atoms with E-state index in [2.05, 4.69) is 33.8 Å². The first-order valence-corrected chi connectivity index (χ1v) is 9.62. The molecule has 3 nitrogen and oxygen atoms in total. The zero-order valence-corrected chi connectivity index (χ0v) is 16.4. The van der Waals surface area contributed by atoms with Gasteiger partial charge in [0.15, 0.2) is 5.78 Å². The smallest absolute Gasteiger partial charge is 0.345 e. The molecule has 0 radical (unpaired) electrons. The van der Waals surface area contributed by atoms with Crippen LogP contribution in [0.3, 0.4) is 0 Å². The van der Waals surface area contributed by atoms with Crippen molar-refractivity contribution < 1.29 is 14.7 Å². The number of thiophene rings is 1. The molecular weight excluding hydrogens is 344 g/mol. The standard InChI is InChI=1S/C22H24O3S/c1-21(2)11-12-22(3,4)17-13-14(5-8-16(17)21)18(23)9-6-15-7-10-19(26-15)20(24)25/h5-10,13H,11-12H2,1-4H3,(H,24,25)/b9-6+. The highest BCUT2D eigenvalue weighted by atomic mass is 32.1. The van der Waals surface area contributed by atoms with E-state index in [-0.39, 0.29) is 21.5 Å². The van der Waals surface area contributed by atoms with E-state index in [1.165, 1.54) is 17.2 Å². The van der Waals surface area contributed by atoms with Gasteiger partial charge in [-0.3, -0.25) is 4.79 Å². The van der Waals surface area contributed by atoms with E-state index < -0.39 is 5.97 Å². The average molecular weight is 368 g/mol. The van der Waals surface area contributed by atoms with Crippen LogP contribution in [-0.4, -0.2) is 16.9 Å². The van der Waals surface area contributed by atoms with Gasteiger partial charge in [-0.2, -0.15) is 0 Å². The highest BCUT2D eigenvalue weighted by molar-refractivity contribution is 7.14. The van der Waals surface area contributed by atoms with E-state index >= 15 is 0 Å². The third-order valence-electron chi connectivity index (χ3n) is 5.37. The van der Waals surface area contributed by atoms with E-state index in [4.69, 9.17) is 5.11 Å². The number of hydrogen-bond acceptors (Lipinski definition) is 3. The van der Waals surface area contributed by atoms with Crippen LogP contribution in [0.2, 0.25) is 0 Å². The van der Waals surface area contributed by atoms with Crippen LogP contribution in [0.15, 0.2) is 36.4 Å². The van der Waals surface area contributed by atoms with Gasteiger partial charge < -0.3 is 5.11 Å². The predicted octanol–water partition coefficient (Wildman–Crippen LogP) is 5.69. The number of hydrogen-bond donors (Lipinski definition) is 1. The lowest BCUT2D eigenvalue weighted by molar-refractivity contribution is 0.0702. The normalized spacial score (nSPS) is 17.8. The summed E-state index contributed by atoms with van der Waals surface area (Å²) in [6.45, 7) is 9.01. The summed E-state index contributed by atoms with van der Waals surface area (Å²) in [5.74, 6) is -1.00. The van der Waals surface area contributed by atoms with Gasteiger partial charge in [0.1, 0.15) is 4.88 Å². The van der Waals surface area contributed by atoms with Crippen molar-refractivity contribution in [2.75, 3.05) is 0 Å². The van der Waals surface area contributed by atoms with E-state index in [0.29, 0.717) is 5.56 Å². The second kappa shape index (κ2) is 6.51. The maximum atomic E-state index is 12.6. The molecule has 136 valence electrons. The summed E-state index contributed by atoms with van der Waals surface area (Å²) in [6.07, 6.45) is 5.46. The van der Waals surface area contributed by atoms with Crippen LogP contribution in [0.4, 0.5) is 0 Å². The minimum atomic E-state index is -0.944. The summed E-state index contributed by atoms with van der Waals surface area (Å²) in [5.41, 5.74) is 3.47. The Morgan fingerprint density at radius 2 is 1.65 bits per heavy atom. The quantitative estimate of drug-likeness (QED) is 0.557. The number of carbonyl (C=O) groups is 2. The second-order valence-corrected chi connectivity index (χ2v) is 9.35. The summed E-state index contributed by atoms with van der Waals surface area (Å²) in [6, 6.07) is 9.33. The van der Waals surface area contributed by atoms with Gasteiger partial charge in [-0.15, -0.1) is 11.3 Å². The highest BCUT2D eigenvalue weighted by Gasteiger charge is 2.37.